The van der Waals surface area contributed by atoms with E-state index in [0.717, 1.165) is 51.7 Å². The van der Waals surface area contributed by atoms with Crippen molar-refractivity contribution in [2.45, 2.75) is 76.1 Å². The van der Waals surface area contributed by atoms with Crippen molar-refractivity contribution in [1.29, 1.82) is 0 Å². The number of hydrogen-bond donors (Lipinski definition) is 1. The van der Waals surface area contributed by atoms with E-state index in [0.29, 0.717) is 24.6 Å². The van der Waals surface area contributed by atoms with Gasteiger partial charge < -0.3 is 19.7 Å². The monoisotopic (exact) mass is 365 g/mol. The highest BCUT2D eigenvalue weighted by Gasteiger charge is 2.52. The molecular weight excluding hydrogens is 334 g/mol. The summed E-state index contributed by atoms with van der Waals surface area (Å²) in [6, 6.07) is 0.996. The molecule has 2 bridgehead atoms. The molecule has 146 valence electrons. The third-order valence-corrected chi connectivity index (χ3v) is 7.05. The molecule has 5 fully saturated rings. The number of carbonyl (C=O) groups is 2. The van der Waals surface area contributed by atoms with Gasteiger partial charge in [0.25, 0.3) is 0 Å². The van der Waals surface area contributed by atoms with Crippen molar-refractivity contribution in [1.82, 2.24) is 15.1 Å². The van der Waals surface area contributed by atoms with Gasteiger partial charge in [0.05, 0.1) is 12.6 Å². The fourth-order valence-corrected chi connectivity index (χ4v) is 5.68. The Morgan fingerprint density at radius 1 is 1.31 bits per heavy atom. The van der Waals surface area contributed by atoms with Gasteiger partial charge >= 0.3 is 12.2 Å². The van der Waals surface area contributed by atoms with E-state index in [9.17, 15) is 9.59 Å². The van der Waals surface area contributed by atoms with Crippen LogP contribution in [0.5, 0.6) is 0 Å². The van der Waals surface area contributed by atoms with Crippen LogP contribution in [0.15, 0.2) is 0 Å². The lowest BCUT2D eigenvalue weighted by molar-refractivity contribution is -0.0658. The van der Waals surface area contributed by atoms with E-state index in [-0.39, 0.29) is 23.8 Å². The Kier molecular flexibility index (Phi) is 4.75. The number of piperidine rings is 3. The molecule has 0 aromatic heterocycles. The Hall–Kier alpha value is -1.50. The first kappa shape index (κ1) is 17.9. The van der Waals surface area contributed by atoms with Gasteiger partial charge in [0.2, 0.25) is 0 Å². The molecule has 5 aliphatic rings. The number of rotatable bonds is 3. The first-order valence-electron chi connectivity index (χ1n) is 10.2. The molecule has 4 aliphatic heterocycles. The minimum atomic E-state index is -0.313. The Labute approximate surface area is 155 Å². The van der Waals surface area contributed by atoms with E-state index in [2.05, 4.69) is 17.1 Å². The molecule has 4 saturated heterocycles. The van der Waals surface area contributed by atoms with E-state index in [1.807, 2.05) is 11.8 Å². The van der Waals surface area contributed by atoms with Crippen LogP contribution in [0.3, 0.4) is 0 Å². The molecule has 1 spiro atoms. The molecule has 1 saturated carbocycles. The van der Waals surface area contributed by atoms with Gasteiger partial charge in [0.15, 0.2) is 0 Å². The summed E-state index contributed by atoms with van der Waals surface area (Å²) in [7, 11) is 0. The van der Waals surface area contributed by atoms with E-state index in [4.69, 9.17) is 9.47 Å². The van der Waals surface area contributed by atoms with Crippen LogP contribution in [0.2, 0.25) is 0 Å². The molecule has 1 N–H and O–H groups in total. The van der Waals surface area contributed by atoms with Crippen LogP contribution in [0, 0.1) is 5.92 Å². The van der Waals surface area contributed by atoms with Gasteiger partial charge in [0.1, 0.15) is 5.60 Å². The van der Waals surface area contributed by atoms with Crippen molar-refractivity contribution in [3.63, 3.8) is 0 Å². The highest BCUT2D eigenvalue weighted by molar-refractivity contribution is 5.71. The van der Waals surface area contributed by atoms with E-state index < -0.39 is 0 Å². The molecule has 0 aromatic rings. The molecule has 4 atom stereocenters. The standard InChI is InChI=1S/C19H31N3O4/c1-3-16-19(26-17(23)20-16)7-9-21(10-8-19)15-11-14-6-5-13(15)12-22(14)18(24)25-4-2/h13-16H,3-12H2,1-2H3,(H,20,23). The number of amides is 2. The van der Waals surface area contributed by atoms with Crippen LogP contribution in [0.25, 0.3) is 0 Å². The smallest absolute Gasteiger partial charge is 0.410 e. The van der Waals surface area contributed by atoms with Crippen molar-refractivity contribution in [3.05, 3.63) is 0 Å². The summed E-state index contributed by atoms with van der Waals surface area (Å²) < 4.78 is 11.0. The number of nitrogens with one attached hydrogen (secondary N) is 1. The second-order valence-corrected chi connectivity index (χ2v) is 8.24. The number of fused-ring (bicyclic) bond motifs is 3. The predicted molar refractivity (Wildman–Crippen MR) is 95.9 cm³/mol. The lowest BCUT2D eigenvalue weighted by atomic mass is 9.74. The van der Waals surface area contributed by atoms with Crippen LogP contribution in [-0.2, 0) is 9.47 Å². The van der Waals surface area contributed by atoms with Crippen LogP contribution < -0.4 is 5.32 Å². The van der Waals surface area contributed by atoms with Gasteiger partial charge in [-0.15, -0.1) is 0 Å². The number of carbonyl (C=O) groups excluding carboxylic acids is 2. The fourth-order valence-electron chi connectivity index (χ4n) is 5.68. The summed E-state index contributed by atoms with van der Waals surface area (Å²) in [6.07, 6.45) is 5.65. The summed E-state index contributed by atoms with van der Waals surface area (Å²) in [5.74, 6) is 0.532. The van der Waals surface area contributed by atoms with Crippen molar-refractivity contribution in [3.8, 4) is 0 Å². The van der Waals surface area contributed by atoms with Crippen LogP contribution in [-0.4, -0.2) is 72.0 Å². The second-order valence-electron chi connectivity index (χ2n) is 8.24. The fraction of sp³-hybridized carbons (Fsp3) is 0.895. The number of ether oxygens (including phenoxy) is 2. The lowest BCUT2D eigenvalue weighted by Gasteiger charge is -2.54. The average molecular weight is 365 g/mol. The minimum absolute atomic E-state index is 0.138. The molecule has 7 heteroatoms. The summed E-state index contributed by atoms with van der Waals surface area (Å²) in [5.41, 5.74) is -0.313. The number of hydrogen-bond acceptors (Lipinski definition) is 5. The van der Waals surface area contributed by atoms with Gasteiger partial charge in [-0.1, -0.05) is 6.92 Å². The van der Waals surface area contributed by atoms with Gasteiger partial charge in [-0.3, -0.25) is 4.90 Å². The molecule has 26 heavy (non-hydrogen) atoms. The maximum Gasteiger partial charge on any atom is 0.410 e. The maximum absolute atomic E-state index is 12.2. The summed E-state index contributed by atoms with van der Waals surface area (Å²) in [6.45, 7) is 7.18. The zero-order chi connectivity index (χ0) is 18.3. The summed E-state index contributed by atoms with van der Waals surface area (Å²) >= 11 is 0. The number of likely N-dealkylation sites (tertiary alicyclic amines) is 1. The molecule has 0 aromatic carbocycles. The van der Waals surface area contributed by atoms with Gasteiger partial charge in [0, 0.05) is 44.6 Å². The molecule has 4 heterocycles. The maximum atomic E-state index is 12.2. The predicted octanol–water partition coefficient (Wildman–Crippen LogP) is 2.35. The highest BCUT2D eigenvalue weighted by atomic mass is 16.6. The lowest BCUT2D eigenvalue weighted by Crippen LogP contribution is -2.62. The normalized spacial score (nSPS) is 36.1. The van der Waals surface area contributed by atoms with Crippen LogP contribution in [0.1, 0.15) is 52.4 Å². The molecule has 0 radical (unpaired) electrons. The van der Waals surface area contributed by atoms with Crippen LogP contribution >= 0.6 is 0 Å². The topological polar surface area (TPSA) is 71.1 Å². The largest absolute Gasteiger partial charge is 0.450 e. The first-order valence-corrected chi connectivity index (χ1v) is 10.2. The molecule has 4 unspecified atom stereocenters. The second kappa shape index (κ2) is 6.91. The average Bonchev–Trinajstić information content (AvgIpc) is 2.97. The van der Waals surface area contributed by atoms with E-state index in [1.165, 1.54) is 6.42 Å². The van der Waals surface area contributed by atoms with Crippen LogP contribution in [0.4, 0.5) is 9.59 Å². The van der Waals surface area contributed by atoms with E-state index >= 15 is 0 Å². The molecular formula is C19H31N3O4. The van der Waals surface area contributed by atoms with Gasteiger partial charge in [-0.05, 0) is 38.5 Å². The van der Waals surface area contributed by atoms with Crippen molar-refractivity contribution in [2.75, 3.05) is 26.2 Å². The quantitative estimate of drug-likeness (QED) is 0.831. The van der Waals surface area contributed by atoms with Gasteiger partial charge in [-0.25, -0.2) is 9.59 Å². The Morgan fingerprint density at radius 3 is 2.69 bits per heavy atom. The summed E-state index contributed by atoms with van der Waals surface area (Å²) in [5, 5.41) is 2.98. The molecule has 2 amide bonds. The first-order chi connectivity index (χ1) is 12.6. The molecule has 5 rings (SSSR count). The Bertz CT molecular complexity index is 561. The Balaban J connectivity index is 1.37. The van der Waals surface area contributed by atoms with Crippen molar-refractivity contribution < 1.29 is 19.1 Å². The minimum Gasteiger partial charge on any atom is -0.450 e. The third-order valence-electron chi connectivity index (χ3n) is 7.05. The zero-order valence-corrected chi connectivity index (χ0v) is 15.9. The molecule has 1 aliphatic carbocycles. The molecule has 7 nitrogen and oxygen atoms in total. The zero-order valence-electron chi connectivity index (χ0n) is 15.9. The number of alkyl carbamates (subject to hydrolysis) is 1. The van der Waals surface area contributed by atoms with Crippen molar-refractivity contribution >= 4 is 12.2 Å². The van der Waals surface area contributed by atoms with Gasteiger partial charge in [-0.2, -0.15) is 0 Å². The number of nitrogens with zero attached hydrogens (tertiary/aromatic N) is 2. The SMILES string of the molecule is CCOC(=O)N1CC2CCC1CC2N1CCC2(CC1)OC(=O)NC2CC. The Morgan fingerprint density at radius 2 is 2.08 bits per heavy atom. The summed E-state index contributed by atoms with van der Waals surface area (Å²) in [4.78, 5) is 28.4. The van der Waals surface area contributed by atoms with E-state index in [1.54, 1.807) is 0 Å². The van der Waals surface area contributed by atoms with Crippen molar-refractivity contribution in [2.24, 2.45) is 5.92 Å². The third kappa shape index (κ3) is 2.94. The highest BCUT2D eigenvalue weighted by Crippen LogP contribution is 2.42.